The number of aromatic nitrogens is 2. The molecule has 0 aliphatic carbocycles. The molecule has 0 unspecified atom stereocenters. The number of benzene rings is 1. The Hall–Kier alpha value is -2.95. The molecule has 0 saturated carbocycles. The van der Waals surface area contributed by atoms with Gasteiger partial charge >= 0.3 is 5.97 Å². The van der Waals surface area contributed by atoms with Gasteiger partial charge in [0.2, 0.25) is 15.9 Å². The summed E-state index contributed by atoms with van der Waals surface area (Å²) in [5.41, 5.74) is 1.60. The summed E-state index contributed by atoms with van der Waals surface area (Å²) in [6.45, 7) is 0.708. The van der Waals surface area contributed by atoms with Gasteiger partial charge < -0.3 is 14.5 Å². The third-order valence-corrected chi connectivity index (χ3v) is 5.38. The molecule has 3 rings (SSSR count). The van der Waals surface area contributed by atoms with Crippen molar-refractivity contribution in [3.63, 3.8) is 0 Å². The van der Waals surface area contributed by atoms with E-state index in [2.05, 4.69) is 15.0 Å². The molecule has 0 bridgehead atoms. The summed E-state index contributed by atoms with van der Waals surface area (Å²) < 4.78 is 33.4. The number of carbonyl (C=O) groups is 2. The number of anilines is 1. The van der Waals surface area contributed by atoms with Crippen molar-refractivity contribution in [2.45, 2.75) is 18.4 Å². The molecule has 9 nitrogen and oxygen atoms in total. The highest BCUT2D eigenvalue weighted by molar-refractivity contribution is 7.89. The Morgan fingerprint density at radius 1 is 1.14 bits per heavy atom. The van der Waals surface area contributed by atoms with Gasteiger partial charge in [-0.25, -0.2) is 13.4 Å². The molecule has 1 amide bonds. The third kappa shape index (κ3) is 5.53. The molecular formula is C18H17ClN4O5S. The lowest BCUT2D eigenvalue weighted by Gasteiger charge is -2.08. The lowest BCUT2D eigenvalue weighted by molar-refractivity contribution is -0.143. The minimum atomic E-state index is -3.91. The van der Waals surface area contributed by atoms with Crippen LogP contribution in [-0.2, 0) is 31.0 Å². The fourth-order valence-electron chi connectivity index (χ4n) is 2.45. The van der Waals surface area contributed by atoms with E-state index in [1.165, 1.54) is 31.2 Å². The Kier molecular flexibility index (Phi) is 6.16. The van der Waals surface area contributed by atoms with Gasteiger partial charge in [0.05, 0.1) is 15.6 Å². The topological polar surface area (TPSA) is 119 Å². The third-order valence-electron chi connectivity index (χ3n) is 3.74. The summed E-state index contributed by atoms with van der Waals surface area (Å²) in [5.74, 6) is -1.02. The van der Waals surface area contributed by atoms with Gasteiger partial charge in [0.15, 0.2) is 0 Å². The molecule has 2 heterocycles. The van der Waals surface area contributed by atoms with Gasteiger partial charge in [-0.15, -0.1) is 0 Å². The maximum atomic E-state index is 12.3. The normalized spacial score (nSPS) is 11.4. The van der Waals surface area contributed by atoms with Crippen LogP contribution >= 0.6 is 11.6 Å². The van der Waals surface area contributed by atoms with Gasteiger partial charge in [-0.05, 0) is 36.4 Å². The smallest absolute Gasteiger partial charge is 0.321 e. The fraction of sp³-hybridized carbons (Fsp3) is 0.167. The van der Waals surface area contributed by atoms with Crippen LogP contribution in [0.15, 0.2) is 53.7 Å². The number of halogens is 1. The molecular weight excluding hydrogens is 420 g/mol. The number of amides is 1. The van der Waals surface area contributed by atoms with Gasteiger partial charge in [0, 0.05) is 25.0 Å². The van der Waals surface area contributed by atoms with Gasteiger partial charge in [-0.2, -0.15) is 4.72 Å². The fourth-order valence-corrected chi connectivity index (χ4v) is 3.59. The van der Waals surface area contributed by atoms with Crippen LogP contribution in [0, 0.1) is 0 Å². The number of pyridine rings is 1. The molecule has 2 N–H and O–H groups in total. The Bertz CT molecular complexity index is 1160. The first-order valence-corrected chi connectivity index (χ1v) is 10.3. The van der Waals surface area contributed by atoms with E-state index >= 15 is 0 Å². The molecule has 11 heteroatoms. The number of nitrogens with zero attached hydrogens (tertiary/aromatic N) is 2. The van der Waals surface area contributed by atoms with Crippen LogP contribution in [0.5, 0.6) is 0 Å². The van der Waals surface area contributed by atoms with E-state index in [0.29, 0.717) is 22.1 Å². The highest BCUT2D eigenvalue weighted by atomic mass is 35.5. The minimum absolute atomic E-state index is 0.0448. The van der Waals surface area contributed by atoms with Crippen LogP contribution in [0.2, 0.25) is 5.02 Å². The number of hydrogen-bond donors (Lipinski definition) is 2. The van der Waals surface area contributed by atoms with Crippen LogP contribution in [0.4, 0.5) is 5.69 Å². The summed E-state index contributed by atoms with van der Waals surface area (Å²) in [4.78, 5) is 27.1. The van der Waals surface area contributed by atoms with E-state index in [1.54, 1.807) is 28.9 Å². The summed E-state index contributed by atoms with van der Waals surface area (Å²) in [6.07, 6.45) is 3.33. The molecule has 0 fully saturated rings. The molecule has 1 aromatic carbocycles. The van der Waals surface area contributed by atoms with Crippen LogP contribution < -0.4 is 10.0 Å². The molecule has 152 valence electrons. The van der Waals surface area contributed by atoms with Crippen molar-refractivity contribution in [3.05, 3.63) is 59.5 Å². The maximum Gasteiger partial charge on any atom is 0.321 e. The van der Waals surface area contributed by atoms with Gasteiger partial charge in [0.25, 0.3) is 0 Å². The van der Waals surface area contributed by atoms with E-state index in [9.17, 15) is 18.0 Å². The first kappa shape index (κ1) is 20.8. The van der Waals surface area contributed by atoms with Crippen LogP contribution in [0.3, 0.4) is 0 Å². The molecule has 29 heavy (non-hydrogen) atoms. The number of sulfonamides is 1. The van der Waals surface area contributed by atoms with Crippen molar-refractivity contribution < 1.29 is 22.7 Å². The number of esters is 1. The number of hydrogen-bond acceptors (Lipinski definition) is 6. The molecule has 0 spiro atoms. The average molecular weight is 437 g/mol. The van der Waals surface area contributed by atoms with Crippen molar-refractivity contribution in [1.29, 1.82) is 0 Å². The number of carbonyl (C=O) groups excluding carboxylic acids is 2. The number of nitrogens with one attached hydrogen (secondary N) is 2. The van der Waals surface area contributed by atoms with Gasteiger partial charge in [0.1, 0.15) is 18.8 Å². The Morgan fingerprint density at radius 3 is 2.55 bits per heavy atom. The summed E-state index contributed by atoms with van der Waals surface area (Å²) >= 11 is 5.90. The van der Waals surface area contributed by atoms with Crippen LogP contribution in [0.1, 0.15) is 12.6 Å². The zero-order chi connectivity index (χ0) is 21.0. The predicted molar refractivity (Wildman–Crippen MR) is 106 cm³/mol. The number of ether oxygens (including phenoxy) is 1. The largest absolute Gasteiger partial charge is 0.458 e. The molecule has 3 aromatic rings. The first-order valence-electron chi connectivity index (χ1n) is 8.39. The second-order valence-electron chi connectivity index (χ2n) is 6.04. The van der Waals surface area contributed by atoms with E-state index in [-0.39, 0.29) is 17.4 Å². The summed E-state index contributed by atoms with van der Waals surface area (Å²) in [6, 6.07) is 8.95. The average Bonchev–Trinajstić information content (AvgIpc) is 3.07. The van der Waals surface area contributed by atoms with Crippen LogP contribution in [0.25, 0.3) is 5.65 Å². The van der Waals surface area contributed by atoms with E-state index in [4.69, 9.17) is 16.3 Å². The molecule has 0 aliphatic rings. The standard InChI is InChI=1S/C18H17ClN4O5S/c1-12(24)21-14-3-5-16(6-4-14)29(26,27)20-8-18(25)28-11-15-10-23-9-13(19)2-7-17(23)22-15/h2-7,9-10,20H,8,11H2,1H3,(H,21,24). The Labute approximate surface area is 171 Å². The first-order chi connectivity index (χ1) is 13.7. The monoisotopic (exact) mass is 436 g/mol. The predicted octanol–water partition coefficient (Wildman–Crippen LogP) is 1.97. The number of fused-ring (bicyclic) bond motifs is 1. The quantitative estimate of drug-likeness (QED) is 0.546. The van der Waals surface area contributed by atoms with Crippen molar-refractivity contribution >= 4 is 44.8 Å². The molecule has 0 radical (unpaired) electrons. The number of rotatable bonds is 7. The lowest BCUT2D eigenvalue weighted by Crippen LogP contribution is -2.30. The second-order valence-corrected chi connectivity index (χ2v) is 8.24. The zero-order valence-corrected chi connectivity index (χ0v) is 16.8. The Balaban J connectivity index is 1.54. The molecule has 0 atom stereocenters. The Morgan fingerprint density at radius 2 is 1.86 bits per heavy atom. The second kappa shape index (κ2) is 8.60. The number of imidazole rings is 1. The van der Waals surface area contributed by atoms with Crippen molar-refractivity contribution in [1.82, 2.24) is 14.1 Å². The van der Waals surface area contributed by atoms with Crippen molar-refractivity contribution in [2.24, 2.45) is 0 Å². The van der Waals surface area contributed by atoms with Gasteiger partial charge in [-0.3, -0.25) is 9.59 Å². The van der Waals surface area contributed by atoms with E-state index in [0.717, 1.165) is 0 Å². The maximum absolute atomic E-state index is 12.3. The molecule has 0 aliphatic heterocycles. The highest BCUT2D eigenvalue weighted by Gasteiger charge is 2.16. The van der Waals surface area contributed by atoms with Crippen molar-refractivity contribution in [3.8, 4) is 0 Å². The van der Waals surface area contributed by atoms with Gasteiger partial charge in [-0.1, -0.05) is 11.6 Å². The summed E-state index contributed by atoms with van der Waals surface area (Å²) in [7, 11) is -3.91. The minimum Gasteiger partial charge on any atom is -0.458 e. The molecule has 2 aromatic heterocycles. The summed E-state index contributed by atoms with van der Waals surface area (Å²) in [5, 5.41) is 3.08. The van der Waals surface area contributed by atoms with E-state index < -0.39 is 22.5 Å². The van der Waals surface area contributed by atoms with Crippen LogP contribution in [-0.4, -0.2) is 36.2 Å². The van der Waals surface area contributed by atoms with Crippen molar-refractivity contribution in [2.75, 3.05) is 11.9 Å². The zero-order valence-electron chi connectivity index (χ0n) is 15.3. The SMILES string of the molecule is CC(=O)Nc1ccc(S(=O)(=O)NCC(=O)OCc2cn3cc(Cl)ccc3n2)cc1. The molecule has 0 saturated heterocycles. The lowest BCUT2D eigenvalue weighted by atomic mass is 10.3. The highest BCUT2D eigenvalue weighted by Crippen LogP contribution is 2.14. The van der Waals surface area contributed by atoms with E-state index in [1.807, 2.05) is 0 Å².